The monoisotopic (exact) mass is 323 g/mol. The molecule has 24 heavy (non-hydrogen) atoms. The second-order valence-corrected chi connectivity index (χ2v) is 6.49. The largest absolute Gasteiger partial charge is 0.372 e. The van der Waals surface area contributed by atoms with Crippen LogP contribution in [0, 0.1) is 6.92 Å². The van der Waals surface area contributed by atoms with E-state index in [1.165, 1.54) is 5.56 Å². The molecule has 0 bridgehead atoms. The summed E-state index contributed by atoms with van der Waals surface area (Å²) in [5.74, 6) is 0.931. The molecule has 1 saturated heterocycles. The quantitative estimate of drug-likeness (QED) is 0.726. The Hall–Kier alpha value is -2.47. The number of anilines is 1. The van der Waals surface area contributed by atoms with Crippen molar-refractivity contribution in [3.8, 4) is 5.69 Å². The first-order valence-corrected chi connectivity index (χ1v) is 8.28. The van der Waals surface area contributed by atoms with Gasteiger partial charge in [0.1, 0.15) is 12.1 Å². The molecule has 0 saturated carbocycles. The van der Waals surface area contributed by atoms with Gasteiger partial charge < -0.3 is 9.64 Å². The molecule has 0 radical (unpaired) electrons. The first kappa shape index (κ1) is 15.1. The molecular weight excluding hydrogens is 302 g/mol. The normalized spacial score (nSPS) is 21.4. The molecule has 0 aliphatic carbocycles. The van der Waals surface area contributed by atoms with Crippen LogP contribution in [-0.4, -0.2) is 45.0 Å². The van der Waals surface area contributed by atoms with Gasteiger partial charge in [0, 0.05) is 13.1 Å². The summed E-state index contributed by atoms with van der Waals surface area (Å²) in [6.07, 6.45) is 3.85. The molecule has 1 aromatic carbocycles. The molecule has 2 unspecified atom stereocenters. The van der Waals surface area contributed by atoms with Crippen molar-refractivity contribution in [2.45, 2.75) is 33.0 Å². The highest BCUT2D eigenvalue weighted by atomic mass is 16.5. The molecular formula is C18H21N5O. The minimum Gasteiger partial charge on any atom is -0.372 e. The smallest absolute Gasteiger partial charge is 0.168 e. The average molecular weight is 323 g/mol. The Morgan fingerprint density at radius 1 is 1.12 bits per heavy atom. The number of morpholine rings is 1. The molecule has 2 aromatic heterocycles. The van der Waals surface area contributed by atoms with Crippen LogP contribution in [-0.2, 0) is 4.74 Å². The van der Waals surface area contributed by atoms with E-state index in [2.05, 4.69) is 52.9 Å². The van der Waals surface area contributed by atoms with Crippen molar-refractivity contribution in [1.82, 2.24) is 19.7 Å². The Morgan fingerprint density at radius 2 is 1.92 bits per heavy atom. The molecule has 1 fully saturated rings. The van der Waals surface area contributed by atoms with Crippen LogP contribution in [0.1, 0.15) is 19.4 Å². The topological polar surface area (TPSA) is 56.1 Å². The maximum Gasteiger partial charge on any atom is 0.168 e. The summed E-state index contributed by atoms with van der Waals surface area (Å²) in [4.78, 5) is 11.3. The Bertz CT molecular complexity index is 865. The standard InChI is InChI=1S/C18H21N5O/c1-12-5-4-6-15(7-12)23-18-16(8-21-23)17(19-11-20-18)22-9-13(2)24-14(3)10-22/h4-8,11,13-14H,9-10H2,1-3H3. The molecule has 3 heterocycles. The Labute approximate surface area is 141 Å². The van der Waals surface area contributed by atoms with Crippen molar-refractivity contribution in [3.63, 3.8) is 0 Å². The van der Waals surface area contributed by atoms with E-state index in [0.29, 0.717) is 0 Å². The van der Waals surface area contributed by atoms with Gasteiger partial charge in [0.2, 0.25) is 0 Å². The van der Waals surface area contributed by atoms with Gasteiger partial charge in [-0.3, -0.25) is 0 Å². The average Bonchev–Trinajstić information content (AvgIpc) is 2.98. The minimum absolute atomic E-state index is 0.186. The van der Waals surface area contributed by atoms with Crippen LogP contribution in [0.5, 0.6) is 0 Å². The number of hydrogen-bond acceptors (Lipinski definition) is 5. The van der Waals surface area contributed by atoms with Crippen LogP contribution < -0.4 is 4.90 Å². The van der Waals surface area contributed by atoms with Crippen LogP contribution in [0.15, 0.2) is 36.8 Å². The zero-order valence-electron chi connectivity index (χ0n) is 14.2. The molecule has 6 nitrogen and oxygen atoms in total. The molecule has 6 heteroatoms. The van der Waals surface area contributed by atoms with Crippen molar-refractivity contribution >= 4 is 16.9 Å². The number of benzene rings is 1. The van der Waals surface area contributed by atoms with Crippen LogP contribution in [0.3, 0.4) is 0 Å². The second kappa shape index (κ2) is 5.87. The second-order valence-electron chi connectivity index (χ2n) is 6.49. The third kappa shape index (κ3) is 2.63. The van der Waals surface area contributed by atoms with Gasteiger partial charge in [0.25, 0.3) is 0 Å². The lowest BCUT2D eigenvalue weighted by molar-refractivity contribution is -0.00537. The minimum atomic E-state index is 0.186. The fourth-order valence-corrected chi connectivity index (χ4v) is 3.38. The van der Waals surface area contributed by atoms with Crippen LogP contribution >= 0.6 is 0 Å². The number of aryl methyl sites for hydroxylation is 1. The summed E-state index contributed by atoms with van der Waals surface area (Å²) < 4.78 is 7.71. The van der Waals surface area contributed by atoms with Gasteiger partial charge in [-0.05, 0) is 38.5 Å². The summed E-state index contributed by atoms with van der Waals surface area (Å²) >= 11 is 0. The number of rotatable bonds is 2. The summed E-state index contributed by atoms with van der Waals surface area (Å²) in [6.45, 7) is 7.92. The third-order valence-corrected chi connectivity index (χ3v) is 4.31. The summed E-state index contributed by atoms with van der Waals surface area (Å²) in [5, 5.41) is 5.53. The van der Waals surface area contributed by atoms with E-state index in [0.717, 1.165) is 35.6 Å². The lowest BCUT2D eigenvalue weighted by Crippen LogP contribution is -2.45. The number of aromatic nitrogens is 4. The Balaban J connectivity index is 1.79. The molecule has 3 aromatic rings. The van der Waals surface area contributed by atoms with Gasteiger partial charge in [-0.25, -0.2) is 14.6 Å². The predicted molar refractivity (Wildman–Crippen MR) is 93.6 cm³/mol. The van der Waals surface area contributed by atoms with E-state index in [9.17, 15) is 0 Å². The van der Waals surface area contributed by atoms with E-state index in [4.69, 9.17) is 4.74 Å². The molecule has 0 amide bonds. The Kier molecular flexibility index (Phi) is 3.69. The van der Waals surface area contributed by atoms with E-state index in [1.807, 2.05) is 23.0 Å². The van der Waals surface area contributed by atoms with Crippen LogP contribution in [0.4, 0.5) is 5.82 Å². The maximum absolute atomic E-state index is 5.83. The van der Waals surface area contributed by atoms with E-state index < -0.39 is 0 Å². The summed E-state index contributed by atoms with van der Waals surface area (Å²) in [5.41, 5.74) is 3.04. The number of ether oxygens (including phenoxy) is 1. The molecule has 1 aliphatic rings. The predicted octanol–water partition coefficient (Wildman–Crippen LogP) is 2.74. The van der Waals surface area contributed by atoms with Gasteiger partial charge in [-0.1, -0.05) is 12.1 Å². The highest BCUT2D eigenvalue weighted by Crippen LogP contribution is 2.27. The number of nitrogens with zero attached hydrogens (tertiary/aromatic N) is 5. The molecule has 0 N–H and O–H groups in total. The number of fused-ring (bicyclic) bond motifs is 1. The van der Waals surface area contributed by atoms with Gasteiger partial charge in [0.15, 0.2) is 5.65 Å². The van der Waals surface area contributed by atoms with Crippen molar-refractivity contribution in [2.75, 3.05) is 18.0 Å². The van der Waals surface area contributed by atoms with E-state index in [-0.39, 0.29) is 12.2 Å². The SMILES string of the molecule is Cc1cccc(-n2ncc3c(N4CC(C)OC(C)C4)ncnc32)c1. The lowest BCUT2D eigenvalue weighted by atomic mass is 10.2. The van der Waals surface area contributed by atoms with Crippen LogP contribution in [0.25, 0.3) is 16.7 Å². The van der Waals surface area contributed by atoms with Gasteiger partial charge in [-0.15, -0.1) is 0 Å². The van der Waals surface area contributed by atoms with Crippen molar-refractivity contribution in [1.29, 1.82) is 0 Å². The van der Waals surface area contributed by atoms with Crippen molar-refractivity contribution in [3.05, 3.63) is 42.4 Å². The van der Waals surface area contributed by atoms with E-state index >= 15 is 0 Å². The van der Waals surface area contributed by atoms with Gasteiger partial charge >= 0.3 is 0 Å². The molecule has 2 atom stereocenters. The fraction of sp³-hybridized carbons (Fsp3) is 0.389. The lowest BCUT2D eigenvalue weighted by Gasteiger charge is -2.36. The maximum atomic E-state index is 5.83. The third-order valence-electron chi connectivity index (χ3n) is 4.31. The molecule has 0 spiro atoms. The first-order valence-electron chi connectivity index (χ1n) is 8.28. The summed E-state index contributed by atoms with van der Waals surface area (Å²) in [6, 6.07) is 8.25. The van der Waals surface area contributed by atoms with Crippen LogP contribution in [0.2, 0.25) is 0 Å². The molecule has 1 aliphatic heterocycles. The molecule has 4 rings (SSSR count). The first-order chi connectivity index (χ1) is 11.6. The van der Waals surface area contributed by atoms with Crippen molar-refractivity contribution < 1.29 is 4.74 Å². The number of hydrogen-bond donors (Lipinski definition) is 0. The zero-order valence-corrected chi connectivity index (χ0v) is 14.2. The Morgan fingerprint density at radius 3 is 2.67 bits per heavy atom. The highest BCUT2D eigenvalue weighted by Gasteiger charge is 2.25. The van der Waals surface area contributed by atoms with Gasteiger partial charge in [0.05, 0.1) is 29.5 Å². The summed E-state index contributed by atoms with van der Waals surface area (Å²) in [7, 11) is 0. The molecule has 124 valence electrons. The van der Waals surface area contributed by atoms with Crippen molar-refractivity contribution in [2.24, 2.45) is 0 Å². The highest BCUT2D eigenvalue weighted by molar-refractivity contribution is 5.87. The van der Waals surface area contributed by atoms with Gasteiger partial charge in [-0.2, -0.15) is 5.10 Å². The van der Waals surface area contributed by atoms with E-state index in [1.54, 1.807) is 6.33 Å². The fourth-order valence-electron chi connectivity index (χ4n) is 3.38. The zero-order chi connectivity index (χ0) is 16.7.